The van der Waals surface area contributed by atoms with Crippen LogP contribution in [0.3, 0.4) is 0 Å². The molecule has 0 bridgehead atoms. The summed E-state index contributed by atoms with van der Waals surface area (Å²) in [7, 11) is 0. The van der Waals surface area contributed by atoms with Crippen LogP contribution in [0.5, 0.6) is 5.75 Å². The maximum absolute atomic E-state index is 12.0. The lowest BCUT2D eigenvalue weighted by molar-refractivity contribution is -0.123. The third-order valence-corrected chi connectivity index (χ3v) is 3.81. The fourth-order valence-electron chi connectivity index (χ4n) is 2.11. The van der Waals surface area contributed by atoms with Crippen molar-refractivity contribution in [3.05, 3.63) is 64.2 Å². The molecule has 0 saturated heterocycles. The number of halogens is 1. The number of carbonyl (C=O) groups is 1. The molecule has 0 aliphatic heterocycles. The Bertz CT molecular complexity index is 670. The van der Waals surface area contributed by atoms with Crippen molar-refractivity contribution in [3.8, 4) is 5.75 Å². The number of carbonyl (C=O) groups excluding carboxylic acids is 1. The Balaban J connectivity index is 1.89. The minimum atomic E-state index is -0.161. The van der Waals surface area contributed by atoms with Crippen LogP contribution >= 0.6 is 11.6 Å². The predicted octanol–water partition coefficient (Wildman–Crippen LogP) is 4.21. The number of ether oxygens (including phenoxy) is 1. The Morgan fingerprint density at radius 2 is 1.95 bits per heavy atom. The van der Waals surface area contributed by atoms with Crippen LogP contribution in [0.1, 0.15) is 29.7 Å². The molecule has 1 N–H and O–H groups in total. The molecule has 2 rings (SSSR count). The highest BCUT2D eigenvalue weighted by atomic mass is 35.5. The van der Waals surface area contributed by atoms with Crippen LogP contribution in [-0.4, -0.2) is 12.5 Å². The number of aryl methyl sites for hydroxylation is 2. The van der Waals surface area contributed by atoms with Crippen molar-refractivity contribution in [2.75, 3.05) is 6.61 Å². The van der Waals surface area contributed by atoms with Gasteiger partial charge in [-0.1, -0.05) is 35.9 Å². The van der Waals surface area contributed by atoms with E-state index in [1.165, 1.54) is 11.1 Å². The number of amides is 1. The predicted molar refractivity (Wildman–Crippen MR) is 89.4 cm³/mol. The van der Waals surface area contributed by atoms with Gasteiger partial charge in [0.05, 0.1) is 6.04 Å². The molecule has 0 aromatic heterocycles. The lowest BCUT2D eigenvalue weighted by atomic mass is 10.0. The molecule has 1 amide bonds. The van der Waals surface area contributed by atoms with Crippen LogP contribution < -0.4 is 10.1 Å². The van der Waals surface area contributed by atoms with Crippen LogP contribution in [0.4, 0.5) is 0 Å². The smallest absolute Gasteiger partial charge is 0.258 e. The molecule has 0 aliphatic rings. The summed E-state index contributed by atoms with van der Waals surface area (Å²) in [6.45, 7) is 6.06. The normalized spacial score (nSPS) is 11.8. The zero-order chi connectivity index (χ0) is 16.1. The summed E-state index contributed by atoms with van der Waals surface area (Å²) >= 11 is 5.87. The van der Waals surface area contributed by atoms with E-state index in [9.17, 15) is 4.79 Å². The molecule has 0 heterocycles. The minimum Gasteiger partial charge on any atom is -0.484 e. The Morgan fingerprint density at radius 3 is 2.64 bits per heavy atom. The van der Waals surface area contributed by atoms with Crippen LogP contribution in [0.25, 0.3) is 0 Å². The zero-order valence-corrected chi connectivity index (χ0v) is 13.8. The largest absolute Gasteiger partial charge is 0.484 e. The molecule has 4 heteroatoms. The molecule has 0 radical (unpaired) electrons. The SMILES string of the molecule is Cc1ccc(C(C)NC(=O)COc2cccc(Cl)c2)cc1C. The monoisotopic (exact) mass is 317 g/mol. The highest BCUT2D eigenvalue weighted by molar-refractivity contribution is 6.30. The van der Waals surface area contributed by atoms with Gasteiger partial charge in [0.1, 0.15) is 5.75 Å². The number of hydrogen-bond donors (Lipinski definition) is 1. The summed E-state index contributed by atoms with van der Waals surface area (Å²) in [5.74, 6) is 0.423. The molecule has 0 fully saturated rings. The van der Waals surface area contributed by atoms with Crippen LogP contribution in [0.15, 0.2) is 42.5 Å². The van der Waals surface area contributed by atoms with Gasteiger partial charge in [0.2, 0.25) is 0 Å². The molecule has 2 aromatic carbocycles. The molecule has 1 atom stereocenters. The van der Waals surface area contributed by atoms with E-state index in [4.69, 9.17) is 16.3 Å². The van der Waals surface area contributed by atoms with Gasteiger partial charge >= 0.3 is 0 Å². The van der Waals surface area contributed by atoms with Gasteiger partial charge in [0, 0.05) is 5.02 Å². The average molecular weight is 318 g/mol. The summed E-state index contributed by atoms with van der Waals surface area (Å²) in [6, 6.07) is 13.1. The van der Waals surface area contributed by atoms with Gasteiger partial charge in [-0.25, -0.2) is 0 Å². The van der Waals surface area contributed by atoms with Crippen molar-refractivity contribution in [3.63, 3.8) is 0 Å². The minimum absolute atomic E-state index is 0.0322. The number of rotatable bonds is 5. The number of benzene rings is 2. The van der Waals surface area contributed by atoms with E-state index in [1.807, 2.05) is 13.0 Å². The van der Waals surface area contributed by atoms with Crippen molar-refractivity contribution in [2.24, 2.45) is 0 Å². The Morgan fingerprint density at radius 1 is 1.18 bits per heavy atom. The first kappa shape index (κ1) is 16.4. The fraction of sp³-hybridized carbons (Fsp3) is 0.278. The van der Waals surface area contributed by atoms with E-state index in [1.54, 1.807) is 24.3 Å². The van der Waals surface area contributed by atoms with Crippen molar-refractivity contribution in [2.45, 2.75) is 26.8 Å². The molecule has 2 aromatic rings. The maximum atomic E-state index is 12.0. The van der Waals surface area contributed by atoms with E-state index in [0.717, 1.165) is 5.56 Å². The van der Waals surface area contributed by atoms with E-state index in [-0.39, 0.29) is 18.6 Å². The quantitative estimate of drug-likeness (QED) is 0.897. The fourth-order valence-corrected chi connectivity index (χ4v) is 2.29. The second kappa shape index (κ2) is 7.32. The Kier molecular flexibility index (Phi) is 5.45. The first-order chi connectivity index (χ1) is 10.5. The molecule has 22 heavy (non-hydrogen) atoms. The number of hydrogen-bond acceptors (Lipinski definition) is 2. The molecule has 0 saturated carbocycles. The van der Waals surface area contributed by atoms with E-state index < -0.39 is 0 Å². The number of nitrogens with one attached hydrogen (secondary N) is 1. The summed E-state index contributed by atoms with van der Waals surface area (Å²) < 4.78 is 5.43. The maximum Gasteiger partial charge on any atom is 0.258 e. The van der Waals surface area contributed by atoms with Gasteiger partial charge in [-0.2, -0.15) is 0 Å². The lowest BCUT2D eigenvalue weighted by Gasteiger charge is -2.16. The molecule has 3 nitrogen and oxygen atoms in total. The van der Waals surface area contributed by atoms with Gasteiger partial charge in [-0.05, 0) is 55.7 Å². The van der Waals surface area contributed by atoms with Crippen molar-refractivity contribution in [1.29, 1.82) is 0 Å². The summed E-state index contributed by atoms with van der Waals surface area (Å²) in [4.78, 5) is 12.0. The third kappa shape index (κ3) is 4.50. The summed E-state index contributed by atoms with van der Waals surface area (Å²) in [5, 5.41) is 3.52. The zero-order valence-electron chi connectivity index (χ0n) is 13.0. The van der Waals surface area contributed by atoms with Crippen LogP contribution in [-0.2, 0) is 4.79 Å². The van der Waals surface area contributed by atoms with E-state index in [0.29, 0.717) is 10.8 Å². The van der Waals surface area contributed by atoms with Crippen molar-refractivity contribution >= 4 is 17.5 Å². The Labute approximate surface area is 136 Å². The molecular formula is C18H20ClNO2. The second-order valence-corrected chi connectivity index (χ2v) is 5.82. The van der Waals surface area contributed by atoms with Crippen LogP contribution in [0.2, 0.25) is 5.02 Å². The highest BCUT2D eigenvalue weighted by Crippen LogP contribution is 2.18. The van der Waals surface area contributed by atoms with E-state index in [2.05, 4.69) is 31.3 Å². The van der Waals surface area contributed by atoms with Gasteiger partial charge in [0.25, 0.3) is 5.91 Å². The summed E-state index contributed by atoms with van der Waals surface area (Å²) in [5.41, 5.74) is 3.54. The second-order valence-electron chi connectivity index (χ2n) is 5.38. The highest BCUT2D eigenvalue weighted by Gasteiger charge is 2.11. The van der Waals surface area contributed by atoms with Crippen molar-refractivity contribution < 1.29 is 9.53 Å². The topological polar surface area (TPSA) is 38.3 Å². The van der Waals surface area contributed by atoms with Gasteiger partial charge in [0.15, 0.2) is 6.61 Å². The summed E-state index contributed by atoms with van der Waals surface area (Å²) in [6.07, 6.45) is 0. The molecule has 0 spiro atoms. The van der Waals surface area contributed by atoms with Gasteiger partial charge in [-0.3, -0.25) is 4.79 Å². The lowest BCUT2D eigenvalue weighted by Crippen LogP contribution is -2.31. The first-order valence-corrected chi connectivity index (χ1v) is 7.58. The molecular weight excluding hydrogens is 298 g/mol. The average Bonchev–Trinajstić information content (AvgIpc) is 2.48. The van der Waals surface area contributed by atoms with E-state index >= 15 is 0 Å². The first-order valence-electron chi connectivity index (χ1n) is 7.20. The van der Waals surface area contributed by atoms with Gasteiger partial charge in [-0.15, -0.1) is 0 Å². The Hall–Kier alpha value is -2.00. The molecule has 0 aliphatic carbocycles. The third-order valence-electron chi connectivity index (χ3n) is 3.57. The molecule has 116 valence electrons. The van der Waals surface area contributed by atoms with Crippen molar-refractivity contribution in [1.82, 2.24) is 5.32 Å². The standard InChI is InChI=1S/C18H20ClNO2/c1-12-7-8-15(9-13(12)2)14(3)20-18(21)11-22-17-6-4-5-16(19)10-17/h4-10,14H,11H2,1-3H3,(H,20,21). The van der Waals surface area contributed by atoms with Crippen LogP contribution in [0, 0.1) is 13.8 Å². The van der Waals surface area contributed by atoms with Gasteiger partial charge < -0.3 is 10.1 Å². The molecule has 1 unspecified atom stereocenters.